The number of hydrogen-bond donors (Lipinski definition) is 1. The van der Waals surface area contributed by atoms with Crippen LogP contribution in [-0.2, 0) is 4.74 Å². The van der Waals surface area contributed by atoms with Crippen LogP contribution in [-0.4, -0.2) is 49.7 Å². The minimum atomic E-state index is -0.274. The van der Waals surface area contributed by atoms with Crippen LogP contribution >= 0.6 is 0 Å². The van der Waals surface area contributed by atoms with Gasteiger partial charge in [-0.3, -0.25) is 4.79 Å². The van der Waals surface area contributed by atoms with Gasteiger partial charge in [-0.2, -0.15) is 0 Å². The van der Waals surface area contributed by atoms with Crippen molar-refractivity contribution in [2.45, 2.75) is 46.6 Å². The quantitative estimate of drug-likeness (QED) is 0.908. The molecule has 1 saturated heterocycles. The fourth-order valence-electron chi connectivity index (χ4n) is 3.29. The molecule has 2 amide bonds. The maximum absolute atomic E-state index is 12.7. The SMILES string of the molecule is CCOC(=O)N1CCC(NC(=O)c2cc(C)c(OC)c(C)c2C)CC1. The maximum Gasteiger partial charge on any atom is 0.409 e. The molecule has 1 aliphatic heterocycles. The molecule has 1 aromatic rings. The van der Waals surface area contributed by atoms with E-state index in [4.69, 9.17) is 9.47 Å². The summed E-state index contributed by atoms with van der Waals surface area (Å²) in [5.74, 6) is 0.762. The normalized spacial score (nSPS) is 15.0. The summed E-state index contributed by atoms with van der Waals surface area (Å²) in [5, 5.41) is 3.10. The summed E-state index contributed by atoms with van der Waals surface area (Å²) in [7, 11) is 1.64. The maximum atomic E-state index is 12.7. The zero-order valence-electron chi connectivity index (χ0n) is 15.8. The number of likely N-dealkylation sites (tertiary alicyclic amines) is 1. The summed E-state index contributed by atoms with van der Waals surface area (Å²) in [4.78, 5) is 26.1. The van der Waals surface area contributed by atoms with Crippen LogP contribution < -0.4 is 10.1 Å². The highest BCUT2D eigenvalue weighted by atomic mass is 16.6. The molecule has 1 N–H and O–H groups in total. The van der Waals surface area contributed by atoms with Crippen molar-refractivity contribution < 1.29 is 19.1 Å². The number of piperidine rings is 1. The Hall–Kier alpha value is -2.24. The fourth-order valence-corrected chi connectivity index (χ4v) is 3.29. The van der Waals surface area contributed by atoms with E-state index < -0.39 is 0 Å². The first-order valence-corrected chi connectivity index (χ1v) is 8.76. The third-order valence-electron chi connectivity index (χ3n) is 4.83. The molecule has 1 fully saturated rings. The second-order valence-corrected chi connectivity index (χ2v) is 6.46. The van der Waals surface area contributed by atoms with Gasteiger partial charge in [0.1, 0.15) is 5.75 Å². The van der Waals surface area contributed by atoms with Crippen LogP contribution in [0.1, 0.15) is 46.8 Å². The number of methoxy groups -OCH3 is 1. The fraction of sp³-hybridized carbons (Fsp3) is 0.579. The molecule has 138 valence electrons. The smallest absolute Gasteiger partial charge is 0.409 e. The Balaban J connectivity index is 2.01. The Morgan fingerprint density at radius 3 is 2.40 bits per heavy atom. The van der Waals surface area contributed by atoms with Gasteiger partial charge in [0.05, 0.1) is 13.7 Å². The third-order valence-corrected chi connectivity index (χ3v) is 4.83. The number of benzene rings is 1. The van der Waals surface area contributed by atoms with E-state index in [2.05, 4.69) is 5.32 Å². The molecule has 0 bridgehead atoms. The molecule has 1 aromatic carbocycles. The van der Waals surface area contributed by atoms with E-state index in [-0.39, 0.29) is 18.0 Å². The Labute approximate surface area is 149 Å². The van der Waals surface area contributed by atoms with Gasteiger partial charge in [0.2, 0.25) is 0 Å². The third kappa shape index (κ3) is 4.24. The predicted octanol–water partition coefficient (Wildman–Crippen LogP) is 2.97. The van der Waals surface area contributed by atoms with Crippen molar-refractivity contribution in [3.8, 4) is 5.75 Å². The molecule has 1 aliphatic rings. The number of aryl methyl sites for hydroxylation is 1. The van der Waals surface area contributed by atoms with Gasteiger partial charge >= 0.3 is 6.09 Å². The summed E-state index contributed by atoms with van der Waals surface area (Å²) in [6.07, 6.45) is 1.19. The lowest BCUT2D eigenvalue weighted by molar-refractivity contribution is 0.0859. The summed E-state index contributed by atoms with van der Waals surface area (Å²) >= 11 is 0. The average molecular weight is 348 g/mol. The molecule has 0 atom stereocenters. The number of carbonyl (C=O) groups excluding carboxylic acids is 2. The second kappa shape index (κ2) is 8.23. The van der Waals surface area contributed by atoms with Crippen molar-refractivity contribution in [2.24, 2.45) is 0 Å². The van der Waals surface area contributed by atoms with E-state index in [9.17, 15) is 9.59 Å². The monoisotopic (exact) mass is 348 g/mol. The zero-order chi connectivity index (χ0) is 18.6. The molecule has 0 aliphatic carbocycles. The lowest BCUT2D eigenvalue weighted by Gasteiger charge is -2.31. The van der Waals surface area contributed by atoms with E-state index in [0.29, 0.717) is 25.3 Å². The molecule has 6 nitrogen and oxygen atoms in total. The first kappa shape index (κ1) is 19.1. The number of nitrogens with one attached hydrogen (secondary N) is 1. The van der Waals surface area contributed by atoms with E-state index in [0.717, 1.165) is 35.3 Å². The number of nitrogens with zero attached hydrogens (tertiary/aromatic N) is 1. The lowest BCUT2D eigenvalue weighted by Crippen LogP contribution is -2.46. The molecule has 0 aromatic heterocycles. The molecular formula is C19H28N2O4. The molecule has 0 saturated carbocycles. The first-order chi connectivity index (χ1) is 11.9. The van der Waals surface area contributed by atoms with Crippen molar-refractivity contribution in [3.63, 3.8) is 0 Å². The van der Waals surface area contributed by atoms with Gasteiger partial charge in [0, 0.05) is 24.7 Å². The minimum Gasteiger partial charge on any atom is -0.496 e. The van der Waals surface area contributed by atoms with Crippen molar-refractivity contribution in [1.29, 1.82) is 0 Å². The molecule has 25 heavy (non-hydrogen) atoms. The van der Waals surface area contributed by atoms with Crippen LogP contribution in [0.5, 0.6) is 5.75 Å². The van der Waals surface area contributed by atoms with Gasteiger partial charge in [-0.1, -0.05) is 0 Å². The topological polar surface area (TPSA) is 67.9 Å². The number of ether oxygens (including phenoxy) is 2. The van der Waals surface area contributed by atoms with Gasteiger partial charge in [0.25, 0.3) is 5.91 Å². The molecule has 2 rings (SSSR count). The van der Waals surface area contributed by atoms with Crippen molar-refractivity contribution >= 4 is 12.0 Å². The first-order valence-electron chi connectivity index (χ1n) is 8.76. The summed E-state index contributed by atoms with van der Waals surface area (Å²) in [6.45, 7) is 9.23. The van der Waals surface area contributed by atoms with Gasteiger partial charge in [-0.25, -0.2) is 4.79 Å². The highest BCUT2D eigenvalue weighted by molar-refractivity contribution is 5.96. The molecule has 1 heterocycles. The van der Waals surface area contributed by atoms with Gasteiger partial charge in [0.15, 0.2) is 0 Å². The summed E-state index contributed by atoms with van der Waals surface area (Å²) in [5.41, 5.74) is 3.56. The molecule has 6 heteroatoms. The number of amides is 2. The summed E-state index contributed by atoms with van der Waals surface area (Å²) in [6, 6.07) is 1.95. The molecule has 0 unspecified atom stereocenters. The van der Waals surface area contributed by atoms with Gasteiger partial charge in [-0.15, -0.1) is 0 Å². The average Bonchev–Trinajstić information content (AvgIpc) is 2.59. The highest BCUT2D eigenvalue weighted by Crippen LogP contribution is 2.28. The Morgan fingerprint density at radius 2 is 1.84 bits per heavy atom. The Morgan fingerprint density at radius 1 is 1.20 bits per heavy atom. The van der Waals surface area contributed by atoms with Gasteiger partial charge < -0.3 is 19.7 Å². The lowest BCUT2D eigenvalue weighted by atomic mass is 9.97. The van der Waals surface area contributed by atoms with Crippen LogP contribution in [0.4, 0.5) is 4.79 Å². The standard InChI is InChI=1S/C19H28N2O4/c1-6-25-19(23)21-9-7-15(8-10-21)20-18(22)16-11-12(2)17(24-5)14(4)13(16)3/h11,15H,6-10H2,1-5H3,(H,20,22). The van der Waals surface area contributed by atoms with Crippen LogP contribution in [0.3, 0.4) is 0 Å². The zero-order valence-corrected chi connectivity index (χ0v) is 15.8. The van der Waals surface area contributed by atoms with E-state index in [1.165, 1.54) is 0 Å². The largest absolute Gasteiger partial charge is 0.496 e. The highest BCUT2D eigenvalue weighted by Gasteiger charge is 2.25. The minimum absolute atomic E-state index is 0.0686. The van der Waals surface area contributed by atoms with Crippen LogP contribution in [0.25, 0.3) is 0 Å². The van der Waals surface area contributed by atoms with Crippen LogP contribution in [0, 0.1) is 20.8 Å². The second-order valence-electron chi connectivity index (χ2n) is 6.46. The van der Waals surface area contributed by atoms with Crippen molar-refractivity contribution in [3.05, 3.63) is 28.3 Å². The van der Waals surface area contributed by atoms with Crippen LogP contribution in [0.2, 0.25) is 0 Å². The summed E-state index contributed by atoms with van der Waals surface area (Å²) < 4.78 is 10.4. The van der Waals surface area contributed by atoms with E-state index in [1.54, 1.807) is 18.9 Å². The number of rotatable bonds is 4. The van der Waals surface area contributed by atoms with E-state index >= 15 is 0 Å². The Kier molecular flexibility index (Phi) is 6.28. The predicted molar refractivity (Wildman–Crippen MR) is 96.3 cm³/mol. The number of hydrogen-bond acceptors (Lipinski definition) is 4. The van der Waals surface area contributed by atoms with E-state index in [1.807, 2.05) is 26.8 Å². The van der Waals surface area contributed by atoms with Gasteiger partial charge in [-0.05, 0) is 63.3 Å². The van der Waals surface area contributed by atoms with Crippen molar-refractivity contribution in [2.75, 3.05) is 26.8 Å². The molecule has 0 spiro atoms. The Bertz CT molecular complexity index is 649. The molecule has 0 radical (unpaired) electrons. The molecular weight excluding hydrogens is 320 g/mol. The number of carbonyl (C=O) groups is 2. The van der Waals surface area contributed by atoms with Crippen molar-refractivity contribution in [1.82, 2.24) is 10.2 Å². The van der Waals surface area contributed by atoms with Crippen LogP contribution in [0.15, 0.2) is 6.07 Å².